The zero-order valence-electron chi connectivity index (χ0n) is 5.73. The highest BCUT2D eigenvalue weighted by molar-refractivity contribution is 4.61. The van der Waals surface area contributed by atoms with Gasteiger partial charge in [0.1, 0.15) is 12.9 Å². The summed E-state index contributed by atoms with van der Waals surface area (Å²) in [5, 5.41) is 15.2. The lowest BCUT2D eigenvalue weighted by Crippen LogP contribution is -1.98. The molecule has 0 fully saturated rings. The summed E-state index contributed by atoms with van der Waals surface area (Å²) in [6, 6.07) is 0. The van der Waals surface area contributed by atoms with Crippen LogP contribution in [0.2, 0.25) is 0 Å². The molecular weight excluding hydrogens is 156 g/mol. The van der Waals surface area contributed by atoms with Crippen LogP contribution in [0.4, 0.5) is 0 Å². The third-order valence-electron chi connectivity index (χ3n) is 0.425. The van der Waals surface area contributed by atoms with Crippen molar-refractivity contribution in [2.24, 2.45) is 0 Å². The highest BCUT2D eigenvalue weighted by Crippen LogP contribution is 1.86. The second kappa shape index (κ2) is 9.08. The molecule has 0 rings (SSSR count). The fourth-order valence-electron chi connectivity index (χ4n) is 0.162. The summed E-state index contributed by atoms with van der Waals surface area (Å²) in [6.07, 6.45) is 2.43. The van der Waals surface area contributed by atoms with Gasteiger partial charge in [-0.15, -0.1) is 6.58 Å². The Balaban J connectivity index is 2.79. The Hall–Kier alpha value is -0.920. The van der Waals surface area contributed by atoms with Gasteiger partial charge in [-0.2, -0.15) is 4.89 Å². The van der Waals surface area contributed by atoms with E-state index in [0.717, 1.165) is 6.26 Å². The Kier molecular flexibility index (Phi) is 8.32. The van der Waals surface area contributed by atoms with E-state index in [9.17, 15) is 0 Å². The second-order valence-electron chi connectivity index (χ2n) is 1.11. The van der Waals surface area contributed by atoms with Crippen LogP contribution in [0.25, 0.3) is 0 Å². The first kappa shape index (κ1) is 10.1. The first-order chi connectivity index (χ1) is 5.41. The summed E-state index contributed by atoms with van der Waals surface area (Å²) in [5.41, 5.74) is 0. The minimum Gasteiger partial charge on any atom is -0.315 e. The molecule has 0 aromatic carbocycles. The fourth-order valence-corrected chi connectivity index (χ4v) is 0.162. The normalized spacial score (nSPS) is 9.09. The largest absolute Gasteiger partial charge is 0.315 e. The van der Waals surface area contributed by atoms with Crippen LogP contribution in [-0.2, 0) is 29.9 Å². The fraction of sp³-hybridized carbons (Fsp3) is 0.200. The van der Waals surface area contributed by atoms with E-state index < -0.39 is 0 Å². The van der Waals surface area contributed by atoms with Crippen LogP contribution in [0.15, 0.2) is 25.5 Å². The lowest BCUT2D eigenvalue weighted by Gasteiger charge is -1.96. The summed E-state index contributed by atoms with van der Waals surface area (Å²) >= 11 is 0. The van der Waals surface area contributed by atoms with Gasteiger partial charge in [-0.05, 0) is 10.1 Å². The third-order valence-corrected chi connectivity index (χ3v) is 0.425. The second-order valence-corrected chi connectivity index (χ2v) is 1.11. The van der Waals surface area contributed by atoms with Crippen molar-refractivity contribution in [2.75, 3.05) is 6.61 Å². The molecule has 0 aromatic rings. The van der Waals surface area contributed by atoms with Gasteiger partial charge < -0.3 is 4.89 Å². The predicted octanol–water partition coefficient (Wildman–Crippen LogP) is 0.990. The number of hydrogen-bond donors (Lipinski definition) is 0. The molecule has 0 radical (unpaired) electrons. The van der Waals surface area contributed by atoms with E-state index >= 15 is 0 Å². The Labute approximate surface area is 63.1 Å². The van der Waals surface area contributed by atoms with Crippen LogP contribution in [0.1, 0.15) is 0 Å². The van der Waals surface area contributed by atoms with Gasteiger partial charge in [-0.1, -0.05) is 12.7 Å². The van der Waals surface area contributed by atoms with Gasteiger partial charge in [-0.25, -0.2) is 0 Å². The quantitative estimate of drug-likeness (QED) is 0.175. The Morgan fingerprint density at radius 3 is 2.36 bits per heavy atom. The van der Waals surface area contributed by atoms with Gasteiger partial charge in [0.25, 0.3) is 0 Å². The van der Waals surface area contributed by atoms with Gasteiger partial charge >= 0.3 is 0 Å². The summed E-state index contributed by atoms with van der Waals surface area (Å²) in [5.74, 6) is 0. The van der Waals surface area contributed by atoms with E-state index in [1.54, 1.807) is 0 Å². The lowest BCUT2D eigenvalue weighted by atomic mass is 10.7. The Bertz CT molecular complexity index is 91.1. The lowest BCUT2D eigenvalue weighted by molar-refractivity contribution is -0.750. The van der Waals surface area contributed by atoms with E-state index in [1.807, 2.05) is 0 Å². The van der Waals surface area contributed by atoms with Crippen LogP contribution in [0.3, 0.4) is 0 Å². The maximum atomic E-state index is 4.24. The van der Waals surface area contributed by atoms with Crippen molar-refractivity contribution in [1.29, 1.82) is 0 Å². The molecule has 0 aromatic heterocycles. The van der Waals surface area contributed by atoms with Crippen molar-refractivity contribution in [3.8, 4) is 0 Å². The molecule has 0 aliphatic rings. The van der Waals surface area contributed by atoms with Crippen LogP contribution < -0.4 is 0 Å². The maximum Gasteiger partial charge on any atom is 0.125 e. The van der Waals surface area contributed by atoms with Crippen LogP contribution in [0, 0.1) is 0 Å². The standard InChI is InChI=1S/C5H8O6/c1-3-5-7-9-11-10-8-6-4-2/h3-4H,1-2,5H2. The summed E-state index contributed by atoms with van der Waals surface area (Å²) in [6.45, 7) is 6.64. The molecule has 0 spiro atoms. The highest BCUT2D eigenvalue weighted by Gasteiger charge is 1.88. The predicted molar refractivity (Wildman–Crippen MR) is 31.8 cm³/mol. The third kappa shape index (κ3) is 9.08. The van der Waals surface area contributed by atoms with Crippen LogP contribution in [-0.4, -0.2) is 6.61 Å². The summed E-state index contributed by atoms with van der Waals surface area (Å²) in [4.78, 5) is 8.24. The van der Waals surface area contributed by atoms with Crippen molar-refractivity contribution in [2.45, 2.75) is 0 Å². The topological polar surface area (TPSA) is 55.4 Å². The molecule has 0 amide bonds. The smallest absolute Gasteiger partial charge is 0.125 e. The Morgan fingerprint density at radius 2 is 1.73 bits per heavy atom. The molecule has 0 aliphatic carbocycles. The molecule has 6 nitrogen and oxygen atoms in total. The summed E-state index contributed by atoms with van der Waals surface area (Å²) in [7, 11) is 0. The molecule has 11 heavy (non-hydrogen) atoms. The molecule has 0 heterocycles. The van der Waals surface area contributed by atoms with E-state index in [-0.39, 0.29) is 6.61 Å². The first-order valence-electron chi connectivity index (χ1n) is 2.58. The molecule has 0 bridgehead atoms. The van der Waals surface area contributed by atoms with E-state index in [0.29, 0.717) is 0 Å². The maximum absolute atomic E-state index is 4.24. The number of hydrogen-bond acceptors (Lipinski definition) is 6. The molecule has 0 unspecified atom stereocenters. The van der Waals surface area contributed by atoms with E-state index in [2.05, 4.69) is 43.1 Å². The molecule has 6 heteroatoms. The minimum atomic E-state index is 0.158. The summed E-state index contributed by atoms with van der Waals surface area (Å²) < 4.78 is 0. The molecule has 0 atom stereocenters. The molecule has 0 saturated carbocycles. The average Bonchev–Trinajstić information content (AvgIpc) is 2.03. The van der Waals surface area contributed by atoms with E-state index in [1.165, 1.54) is 6.08 Å². The van der Waals surface area contributed by atoms with Crippen molar-refractivity contribution in [3.63, 3.8) is 0 Å². The van der Waals surface area contributed by atoms with E-state index in [4.69, 9.17) is 0 Å². The zero-order chi connectivity index (χ0) is 8.36. The van der Waals surface area contributed by atoms with Gasteiger partial charge in [0.2, 0.25) is 0 Å². The zero-order valence-corrected chi connectivity index (χ0v) is 5.73. The SMILES string of the molecule is C=CCOOOOOOC=C. The van der Waals surface area contributed by atoms with Gasteiger partial charge in [0, 0.05) is 10.1 Å². The first-order valence-corrected chi connectivity index (χ1v) is 2.58. The molecule has 64 valence electrons. The van der Waals surface area contributed by atoms with Gasteiger partial charge in [-0.3, -0.25) is 0 Å². The number of rotatable bonds is 8. The highest BCUT2D eigenvalue weighted by atomic mass is 17.8. The van der Waals surface area contributed by atoms with Crippen molar-refractivity contribution < 1.29 is 29.9 Å². The average molecular weight is 164 g/mol. The minimum absolute atomic E-state index is 0.158. The van der Waals surface area contributed by atoms with Crippen molar-refractivity contribution in [3.05, 3.63) is 25.5 Å². The van der Waals surface area contributed by atoms with Crippen LogP contribution in [0.5, 0.6) is 0 Å². The monoisotopic (exact) mass is 164 g/mol. The van der Waals surface area contributed by atoms with Crippen molar-refractivity contribution in [1.82, 2.24) is 0 Å². The molecule has 0 N–H and O–H groups in total. The van der Waals surface area contributed by atoms with Crippen molar-refractivity contribution >= 4 is 0 Å². The van der Waals surface area contributed by atoms with Crippen LogP contribution >= 0.6 is 0 Å². The molecular formula is C5H8O6. The molecule has 0 saturated heterocycles. The molecule has 0 aliphatic heterocycles. The Morgan fingerprint density at radius 1 is 1.00 bits per heavy atom. The van der Waals surface area contributed by atoms with Gasteiger partial charge in [0.15, 0.2) is 0 Å². The van der Waals surface area contributed by atoms with Gasteiger partial charge in [0.05, 0.1) is 0 Å².